The van der Waals surface area contributed by atoms with Gasteiger partial charge >= 0.3 is 6.03 Å². The molecule has 1 aliphatic rings. The minimum Gasteiger partial charge on any atom is -0.486 e. The normalized spacial score (nSPS) is 14.3. The molecule has 1 saturated heterocycles. The van der Waals surface area contributed by atoms with E-state index in [0.717, 1.165) is 60.8 Å². The summed E-state index contributed by atoms with van der Waals surface area (Å²) in [5, 5.41) is 3.06. The number of aryl methyl sites for hydroxylation is 2. The maximum Gasteiger partial charge on any atom is 0.321 e. The molecule has 5 rings (SSSR count). The van der Waals surface area contributed by atoms with Crippen LogP contribution >= 0.6 is 0 Å². The number of fused-ring (bicyclic) bond motifs is 1. The summed E-state index contributed by atoms with van der Waals surface area (Å²) in [5.74, 6) is 2.26. The Hall–Kier alpha value is -3.80. The zero-order valence-corrected chi connectivity index (χ0v) is 20.4. The number of carbonyl (C=O) groups excluding carboxylic acids is 1. The molecular formula is C29H32N4O2. The highest BCUT2D eigenvalue weighted by atomic mass is 16.5. The maximum absolute atomic E-state index is 12.8. The van der Waals surface area contributed by atoms with E-state index in [-0.39, 0.29) is 6.03 Å². The van der Waals surface area contributed by atoms with Gasteiger partial charge < -0.3 is 19.5 Å². The largest absolute Gasteiger partial charge is 0.486 e. The Morgan fingerprint density at radius 3 is 2.49 bits per heavy atom. The van der Waals surface area contributed by atoms with E-state index in [0.29, 0.717) is 12.5 Å². The van der Waals surface area contributed by atoms with E-state index in [2.05, 4.69) is 41.9 Å². The van der Waals surface area contributed by atoms with Crippen LogP contribution in [-0.4, -0.2) is 33.6 Å². The molecule has 35 heavy (non-hydrogen) atoms. The second-order valence-corrected chi connectivity index (χ2v) is 9.39. The summed E-state index contributed by atoms with van der Waals surface area (Å²) < 4.78 is 8.33. The van der Waals surface area contributed by atoms with Crippen LogP contribution in [0.25, 0.3) is 11.0 Å². The van der Waals surface area contributed by atoms with Crippen LogP contribution in [-0.2, 0) is 13.2 Å². The third kappa shape index (κ3) is 5.32. The fourth-order valence-electron chi connectivity index (χ4n) is 4.70. The molecular weight excluding hydrogens is 436 g/mol. The number of benzene rings is 3. The highest BCUT2D eigenvalue weighted by molar-refractivity contribution is 5.89. The van der Waals surface area contributed by atoms with Gasteiger partial charge in [-0.3, -0.25) is 0 Å². The van der Waals surface area contributed by atoms with Crippen LogP contribution in [0.5, 0.6) is 5.75 Å². The lowest BCUT2D eigenvalue weighted by Crippen LogP contribution is -2.41. The summed E-state index contributed by atoms with van der Waals surface area (Å²) in [6.45, 7) is 6.95. The Bertz CT molecular complexity index is 1310. The van der Waals surface area contributed by atoms with Crippen LogP contribution in [0.3, 0.4) is 0 Å². The monoisotopic (exact) mass is 468 g/mol. The van der Waals surface area contributed by atoms with Crippen LogP contribution < -0.4 is 10.1 Å². The predicted molar refractivity (Wildman–Crippen MR) is 140 cm³/mol. The van der Waals surface area contributed by atoms with Gasteiger partial charge in [0.1, 0.15) is 18.2 Å². The van der Waals surface area contributed by atoms with Crippen molar-refractivity contribution in [2.75, 3.05) is 18.4 Å². The number of carbonyl (C=O) groups is 1. The molecule has 0 bridgehead atoms. The van der Waals surface area contributed by atoms with Crippen molar-refractivity contribution in [2.45, 2.75) is 39.8 Å². The number of nitrogens with zero attached hydrogens (tertiary/aromatic N) is 3. The number of anilines is 1. The Labute approximate surface area is 206 Å². The molecule has 1 N–H and O–H groups in total. The second kappa shape index (κ2) is 10.2. The molecule has 2 amide bonds. The van der Waals surface area contributed by atoms with Gasteiger partial charge in [0.05, 0.1) is 11.0 Å². The number of para-hydroxylation sites is 3. The highest BCUT2D eigenvalue weighted by Gasteiger charge is 2.24. The van der Waals surface area contributed by atoms with Gasteiger partial charge in [0.2, 0.25) is 0 Å². The smallest absolute Gasteiger partial charge is 0.321 e. The van der Waals surface area contributed by atoms with Crippen molar-refractivity contribution in [3.8, 4) is 5.75 Å². The predicted octanol–water partition coefficient (Wildman–Crippen LogP) is 6.18. The minimum absolute atomic E-state index is 0.0169. The highest BCUT2D eigenvalue weighted by Crippen LogP contribution is 2.25. The number of likely N-dealkylation sites (tertiary alicyclic amines) is 1. The second-order valence-electron chi connectivity index (χ2n) is 9.39. The zero-order valence-electron chi connectivity index (χ0n) is 20.4. The quantitative estimate of drug-likeness (QED) is 0.368. The fraction of sp³-hybridized carbons (Fsp3) is 0.310. The van der Waals surface area contributed by atoms with Crippen molar-refractivity contribution in [2.24, 2.45) is 5.92 Å². The Morgan fingerprint density at radius 1 is 0.971 bits per heavy atom. The van der Waals surface area contributed by atoms with E-state index in [9.17, 15) is 4.79 Å². The van der Waals surface area contributed by atoms with E-state index in [1.54, 1.807) is 0 Å². The molecule has 0 saturated carbocycles. The van der Waals surface area contributed by atoms with Gasteiger partial charge in [-0.05, 0) is 80.1 Å². The zero-order chi connectivity index (χ0) is 24.2. The number of ether oxygens (including phenoxy) is 1. The maximum atomic E-state index is 12.8. The van der Waals surface area contributed by atoms with E-state index in [1.165, 1.54) is 11.1 Å². The molecule has 0 unspecified atom stereocenters. The first-order valence-electron chi connectivity index (χ1n) is 12.3. The fourth-order valence-corrected chi connectivity index (χ4v) is 4.70. The van der Waals surface area contributed by atoms with Crippen LogP contribution in [0.4, 0.5) is 10.5 Å². The average Bonchev–Trinajstić information content (AvgIpc) is 3.23. The number of imidazole rings is 1. The number of hydrogen-bond donors (Lipinski definition) is 1. The molecule has 1 aliphatic heterocycles. The SMILES string of the molecule is Cc1ccc(NC(=O)N2CCC(Cn3c(COc4ccccc4)nc4ccccc43)CC2)cc1C. The first kappa shape index (κ1) is 23.0. The molecule has 0 spiro atoms. The van der Waals surface area contributed by atoms with E-state index < -0.39 is 0 Å². The van der Waals surface area contributed by atoms with Crippen molar-refractivity contribution < 1.29 is 9.53 Å². The van der Waals surface area contributed by atoms with Gasteiger partial charge in [-0.1, -0.05) is 36.4 Å². The minimum atomic E-state index is -0.0169. The van der Waals surface area contributed by atoms with Crippen LogP contribution in [0, 0.1) is 19.8 Å². The molecule has 2 heterocycles. The van der Waals surface area contributed by atoms with Crippen molar-refractivity contribution in [3.63, 3.8) is 0 Å². The molecule has 1 fully saturated rings. The number of amides is 2. The molecule has 6 heteroatoms. The van der Waals surface area contributed by atoms with Gasteiger partial charge in [-0.25, -0.2) is 9.78 Å². The summed E-state index contributed by atoms with van der Waals surface area (Å²) in [5.41, 5.74) is 5.39. The lowest BCUT2D eigenvalue weighted by atomic mass is 9.96. The molecule has 1 aromatic heterocycles. The summed E-state index contributed by atoms with van der Waals surface area (Å²) in [7, 11) is 0. The topological polar surface area (TPSA) is 59.4 Å². The summed E-state index contributed by atoms with van der Waals surface area (Å²) >= 11 is 0. The van der Waals surface area contributed by atoms with Gasteiger partial charge in [0, 0.05) is 25.3 Å². The summed E-state index contributed by atoms with van der Waals surface area (Å²) in [4.78, 5) is 19.6. The molecule has 3 aromatic carbocycles. The van der Waals surface area contributed by atoms with Gasteiger partial charge in [-0.2, -0.15) is 0 Å². The van der Waals surface area contributed by atoms with Crippen LogP contribution in [0.1, 0.15) is 29.8 Å². The van der Waals surface area contributed by atoms with Crippen molar-refractivity contribution in [1.82, 2.24) is 14.5 Å². The third-order valence-corrected chi connectivity index (χ3v) is 6.95. The van der Waals surface area contributed by atoms with E-state index >= 15 is 0 Å². The number of hydrogen-bond acceptors (Lipinski definition) is 3. The number of urea groups is 1. The molecule has 0 atom stereocenters. The Balaban J connectivity index is 1.23. The average molecular weight is 469 g/mol. The number of rotatable bonds is 6. The van der Waals surface area contributed by atoms with Crippen molar-refractivity contribution in [1.29, 1.82) is 0 Å². The molecule has 180 valence electrons. The van der Waals surface area contributed by atoms with Crippen molar-refractivity contribution >= 4 is 22.8 Å². The van der Waals surface area contributed by atoms with Gasteiger partial charge in [0.15, 0.2) is 0 Å². The lowest BCUT2D eigenvalue weighted by Gasteiger charge is -2.32. The van der Waals surface area contributed by atoms with Crippen molar-refractivity contribution in [3.05, 3.63) is 89.7 Å². The van der Waals surface area contributed by atoms with Crippen LogP contribution in [0.15, 0.2) is 72.8 Å². The molecule has 6 nitrogen and oxygen atoms in total. The van der Waals surface area contributed by atoms with Gasteiger partial charge in [-0.15, -0.1) is 0 Å². The third-order valence-electron chi connectivity index (χ3n) is 6.95. The number of aromatic nitrogens is 2. The Morgan fingerprint density at radius 2 is 1.71 bits per heavy atom. The van der Waals surface area contributed by atoms with E-state index in [4.69, 9.17) is 9.72 Å². The number of nitrogens with one attached hydrogen (secondary N) is 1. The Kier molecular flexibility index (Phi) is 6.70. The molecule has 0 radical (unpaired) electrons. The standard InChI is InChI=1S/C29H32N4O2/c1-21-12-13-24(18-22(21)2)30-29(34)32-16-14-23(15-17-32)19-33-27-11-7-6-10-26(27)31-28(33)20-35-25-8-4-3-5-9-25/h3-13,18,23H,14-17,19-20H2,1-2H3,(H,30,34). The molecule has 4 aromatic rings. The lowest BCUT2D eigenvalue weighted by molar-refractivity contribution is 0.176. The molecule has 0 aliphatic carbocycles. The summed E-state index contributed by atoms with van der Waals surface area (Å²) in [6.07, 6.45) is 1.93. The number of piperidine rings is 1. The van der Waals surface area contributed by atoms with E-state index in [1.807, 2.05) is 59.5 Å². The first-order chi connectivity index (χ1) is 17.1. The van der Waals surface area contributed by atoms with Crippen LogP contribution in [0.2, 0.25) is 0 Å². The first-order valence-corrected chi connectivity index (χ1v) is 12.3. The summed E-state index contributed by atoms with van der Waals surface area (Å²) in [6, 6.07) is 24.1. The van der Waals surface area contributed by atoms with Gasteiger partial charge in [0.25, 0.3) is 0 Å².